The number of fused-ring (bicyclic) bond motifs is 7. The maximum Gasteiger partial charge on any atom is 0.133 e. The van der Waals surface area contributed by atoms with Crippen molar-refractivity contribution in [2.45, 2.75) is 10.8 Å². The standard InChI is InChI=1S/C64H43NO/c1-5-17-47(18-6-1)63(48-19-7-2-8-20-48)59-28-16-14-26-55(59)57-42-52(35-37-60(57)63)65(51-32-29-44(30-33-51)45-31-38-62-46(41-45)39-40-66-62)53-34-36-56-54-25-13-15-27-58(54)64(61(56)43-53,49-21-9-3-10-22-49)50-23-11-4-12-24-50/h1-43H. The van der Waals surface area contributed by atoms with E-state index in [1.54, 1.807) is 6.26 Å². The van der Waals surface area contributed by atoms with E-state index < -0.39 is 10.8 Å². The molecule has 2 aliphatic rings. The Kier molecular flexibility index (Phi) is 8.69. The molecule has 0 radical (unpaired) electrons. The molecule has 2 aliphatic carbocycles. The number of hydrogen-bond donors (Lipinski definition) is 0. The molecule has 0 saturated heterocycles. The molecule has 1 heterocycles. The molecular weight excluding hydrogens is 799 g/mol. The molecule has 0 unspecified atom stereocenters. The molecule has 10 aromatic carbocycles. The second kappa shape index (κ2) is 15.1. The summed E-state index contributed by atoms with van der Waals surface area (Å²) >= 11 is 0. The molecule has 0 fully saturated rings. The monoisotopic (exact) mass is 841 g/mol. The van der Waals surface area contributed by atoms with Crippen molar-refractivity contribution in [1.29, 1.82) is 0 Å². The van der Waals surface area contributed by atoms with Gasteiger partial charge in [0.15, 0.2) is 0 Å². The highest BCUT2D eigenvalue weighted by Gasteiger charge is 2.48. The first kappa shape index (κ1) is 38.0. The summed E-state index contributed by atoms with van der Waals surface area (Å²) in [4.78, 5) is 2.46. The van der Waals surface area contributed by atoms with Crippen molar-refractivity contribution in [2.75, 3.05) is 4.90 Å². The summed E-state index contributed by atoms with van der Waals surface area (Å²) in [6, 6.07) is 94.1. The third-order valence-electron chi connectivity index (χ3n) is 14.3. The zero-order chi connectivity index (χ0) is 43.7. The zero-order valence-electron chi connectivity index (χ0n) is 36.2. The van der Waals surface area contributed by atoms with Crippen LogP contribution in [0.2, 0.25) is 0 Å². The second-order valence-electron chi connectivity index (χ2n) is 17.6. The van der Waals surface area contributed by atoms with Gasteiger partial charge in [0, 0.05) is 22.4 Å². The maximum atomic E-state index is 5.69. The summed E-state index contributed by atoms with van der Waals surface area (Å²) in [5, 5.41) is 1.10. The van der Waals surface area contributed by atoms with Crippen molar-refractivity contribution in [1.82, 2.24) is 0 Å². The van der Waals surface area contributed by atoms with E-state index in [4.69, 9.17) is 4.42 Å². The predicted octanol–water partition coefficient (Wildman–Crippen LogP) is 16.3. The van der Waals surface area contributed by atoms with E-state index in [2.05, 4.69) is 254 Å². The Bertz CT molecular complexity index is 3490. The van der Waals surface area contributed by atoms with Crippen LogP contribution in [-0.2, 0) is 10.8 Å². The van der Waals surface area contributed by atoms with Crippen LogP contribution in [0.3, 0.4) is 0 Å². The van der Waals surface area contributed by atoms with Gasteiger partial charge in [-0.2, -0.15) is 0 Å². The lowest BCUT2D eigenvalue weighted by atomic mass is 9.67. The van der Waals surface area contributed by atoms with Crippen LogP contribution in [0.4, 0.5) is 17.1 Å². The Morgan fingerprint density at radius 1 is 0.288 bits per heavy atom. The molecule has 0 amide bonds. The number of benzene rings is 10. The average Bonchev–Trinajstić information content (AvgIpc) is 4.08. The quantitative estimate of drug-likeness (QED) is 0.152. The lowest BCUT2D eigenvalue weighted by molar-refractivity contribution is 0.616. The molecule has 0 aliphatic heterocycles. The minimum atomic E-state index is -0.534. The Balaban J connectivity index is 1.05. The fourth-order valence-electron chi connectivity index (χ4n) is 11.5. The number of rotatable bonds is 8. The van der Waals surface area contributed by atoms with Crippen molar-refractivity contribution in [3.05, 3.63) is 306 Å². The molecule has 11 aromatic rings. The summed E-state index contributed by atoms with van der Waals surface area (Å²) in [7, 11) is 0. The summed E-state index contributed by atoms with van der Waals surface area (Å²) in [6.07, 6.45) is 1.76. The number of hydrogen-bond acceptors (Lipinski definition) is 2. The minimum absolute atomic E-state index is 0.486. The highest BCUT2D eigenvalue weighted by atomic mass is 16.3. The van der Waals surface area contributed by atoms with Crippen LogP contribution in [0.5, 0.6) is 0 Å². The van der Waals surface area contributed by atoms with E-state index in [-0.39, 0.29) is 0 Å². The molecule has 0 saturated carbocycles. The Morgan fingerprint density at radius 3 is 1.32 bits per heavy atom. The van der Waals surface area contributed by atoms with E-state index in [0.29, 0.717) is 0 Å². The van der Waals surface area contributed by atoms with Crippen LogP contribution in [-0.4, -0.2) is 0 Å². The van der Waals surface area contributed by atoms with Crippen LogP contribution in [0.25, 0.3) is 44.3 Å². The summed E-state index contributed by atoms with van der Waals surface area (Å²) < 4.78 is 5.69. The molecule has 310 valence electrons. The molecule has 2 heteroatoms. The van der Waals surface area contributed by atoms with E-state index in [9.17, 15) is 0 Å². The highest BCUT2D eigenvalue weighted by molar-refractivity contribution is 5.93. The zero-order valence-corrected chi connectivity index (χ0v) is 36.2. The number of nitrogens with zero attached hydrogens (tertiary/aromatic N) is 1. The summed E-state index contributed by atoms with van der Waals surface area (Å²) in [5.41, 5.74) is 20.6. The summed E-state index contributed by atoms with van der Waals surface area (Å²) in [6.45, 7) is 0. The van der Waals surface area contributed by atoms with Gasteiger partial charge in [0.2, 0.25) is 0 Å². The van der Waals surface area contributed by atoms with Gasteiger partial charge in [-0.3, -0.25) is 0 Å². The van der Waals surface area contributed by atoms with Crippen molar-refractivity contribution in [3.63, 3.8) is 0 Å². The summed E-state index contributed by atoms with van der Waals surface area (Å²) in [5.74, 6) is 0. The third-order valence-corrected chi connectivity index (χ3v) is 14.3. The molecule has 66 heavy (non-hydrogen) atoms. The van der Waals surface area contributed by atoms with Crippen molar-refractivity contribution >= 4 is 28.0 Å². The molecule has 1 aromatic heterocycles. The normalized spacial score (nSPS) is 13.7. The van der Waals surface area contributed by atoms with E-state index >= 15 is 0 Å². The van der Waals surface area contributed by atoms with Crippen molar-refractivity contribution < 1.29 is 4.42 Å². The first-order valence-electron chi connectivity index (χ1n) is 22.8. The lowest BCUT2D eigenvalue weighted by Gasteiger charge is -2.35. The molecule has 0 N–H and O–H groups in total. The second-order valence-corrected chi connectivity index (χ2v) is 17.6. The van der Waals surface area contributed by atoms with Crippen molar-refractivity contribution in [3.8, 4) is 33.4 Å². The van der Waals surface area contributed by atoms with Crippen LogP contribution in [0, 0.1) is 0 Å². The van der Waals surface area contributed by atoms with E-state index in [1.807, 2.05) is 6.07 Å². The largest absolute Gasteiger partial charge is 0.464 e. The van der Waals surface area contributed by atoms with Gasteiger partial charge in [-0.15, -0.1) is 0 Å². The molecule has 0 spiro atoms. The average molecular weight is 842 g/mol. The molecule has 13 rings (SSSR count). The van der Waals surface area contributed by atoms with E-state index in [0.717, 1.165) is 39.2 Å². The fraction of sp³-hybridized carbons (Fsp3) is 0.0312. The van der Waals surface area contributed by atoms with Crippen LogP contribution < -0.4 is 4.90 Å². The Morgan fingerprint density at radius 2 is 0.727 bits per heavy atom. The molecule has 0 bridgehead atoms. The lowest BCUT2D eigenvalue weighted by Crippen LogP contribution is -2.28. The van der Waals surface area contributed by atoms with Gasteiger partial charge < -0.3 is 9.32 Å². The first-order valence-corrected chi connectivity index (χ1v) is 22.8. The maximum absolute atomic E-state index is 5.69. The molecule has 2 nitrogen and oxygen atoms in total. The van der Waals surface area contributed by atoms with Gasteiger partial charge in [-0.25, -0.2) is 0 Å². The van der Waals surface area contributed by atoms with Gasteiger partial charge in [0.05, 0.1) is 17.1 Å². The molecular formula is C64H43NO. The third kappa shape index (κ3) is 5.55. The predicted molar refractivity (Wildman–Crippen MR) is 271 cm³/mol. The minimum Gasteiger partial charge on any atom is -0.464 e. The van der Waals surface area contributed by atoms with Gasteiger partial charge in [0.25, 0.3) is 0 Å². The number of furan rings is 1. The van der Waals surface area contributed by atoms with Gasteiger partial charge >= 0.3 is 0 Å². The highest BCUT2D eigenvalue weighted by Crippen LogP contribution is 2.59. The van der Waals surface area contributed by atoms with Gasteiger partial charge in [0.1, 0.15) is 5.58 Å². The van der Waals surface area contributed by atoms with Gasteiger partial charge in [-0.05, 0) is 132 Å². The van der Waals surface area contributed by atoms with Crippen LogP contribution >= 0.6 is 0 Å². The fourth-order valence-corrected chi connectivity index (χ4v) is 11.5. The topological polar surface area (TPSA) is 16.4 Å². The van der Waals surface area contributed by atoms with E-state index in [1.165, 1.54) is 66.8 Å². The Labute approximate surface area is 385 Å². The van der Waals surface area contributed by atoms with Crippen molar-refractivity contribution in [2.24, 2.45) is 0 Å². The van der Waals surface area contributed by atoms with Crippen LogP contribution in [0.1, 0.15) is 44.5 Å². The SMILES string of the molecule is c1ccc(C2(c3ccccc3)c3ccccc3-c3cc(N(c4ccc(-c5ccc6occc6c5)cc4)c4ccc5c(c4)C(c4ccccc4)(c4ccccc4)c4ccccc4-5)ccc32)cc1. The first-order chi connectivity index (χ1) is 32.7. The number of anilines is 3. The molecule has 0 atom stereocenters. The Hall–Kier alpha value is -8.46. The smallest absolute Gasteiger partial charge is 0.133 e. The van der Waals surface area contributed by atoms with Gasteiger partial charge in [-0.1, -0.05) is 200 Å². The van der Waals surface area contributed by atoms with Crippen LogP contribution in [0.15, 0.2) is 265 Å².